The molecule has 0 bridgehead atoms. The number of hydrogen-bond acceptors (Lipinski definition) is 2. The quantitative estimate of drug-likeness (QED) is 0.857. The molecule has 0 amide bonds. The second-order valence-electron chi connectivity index (χ2n) is 4.30. The second kappa shape index (κ2) is 6.45. The number of hydrogen-bond donors (Lipinski definition) is 1. The first-order valence-corrected chi connectivity index (χ1v) is 7.01. The Balaban J connectivity index is 1.69. The summed E-state index contributed by atoms with van der Waals surface area (Å²) in [5, 5.41) is 3.43. The van der Waals surface area contributed by atoms with Crippen molar-refractivity contribution in [3.8, 4) is 5.75 Å². The smallest absolute Gasteiger partial charge is 0.119 e. The first kappa shape index (κ1) is 12.2. The molecule has 2 nitrogen and oxygen atoms in total. The van der Waals surface area contributed by atoms with Gasteiger partial charge in [-0.3, -0.25) is 0 Å². The highest BCUT2D eigenvalue weighted by Gasteiger charge is 2.12. The summed E-state index contributed by atoms with van der Waals surface area (Å²) in [6, 6.07) is 8.25. The first-order chi connectivity index (χ1) is 7.84. The fourth-order valence-electron chi connectivity index (χ4n) is 2.04. The van der Waals surface area contributed by atoms with Gasteiger partial charge in [0.25, 0.3) is 0 Å². The SMILES string of the molecule is Ic1ccc(OCC[C@@H]2CCCNC2)cc1. The molecule has 1 N–H and O–H groups in total. The molecule has 3 heteroatoms. The van der Waals surface area contributed by atoms with Crippen molar-refractivity contribution in [3.63, 3.8) is 0 Å². The number of benzene rings is 1. The van der Waals surface area contributed by atoms with Crippen LogP contribution < -0.4 is 10.1 Å². The molecule has 0 aliphatic carbocycles. The number of rotatable bonds is 4. The van der Waals surface area contributed by atoms with Gasteiger partial charge in [-0.25, -0.2) is 0 Å². The highest BCUT2D eigenvalue weighted by Crippen LogP contribution is 2.17. The summed E-state index contributed by atoms with van der Waals surface area (Å²) in [5.41, 5.74) is 0. The van der Waals surface area contributed by atoms with Gasteiger partial charge in [0.05, 0.1) is 6.61 Å². The van der Waals surface area contributed by atoms with Gasteiger partial charge in [-0.05, 0) is 85.1 Å². The molecule has 1 aromatic rings. The van der Waals surface area contributed by atoms with Crippen LogP contribution in [0, 0.1) is 9.49 Å². The van der Waals surface area contributed by atoms with E-state index in [9.17, 15) is 0 Å². The third kappa shape index (κ3) is 3.94. The fraction of sp³-hybridized carbons (Fsp3) is 0.538. The second-order valence-corrected chi connectivity index (χ2v) is 5.55. The molecule has 1 aliphatic heterocycles. The van der Waals surface area contributed by atoms with Gasteiger partial charge in [-0.15, -0.1) is 0 Å². The topological polar surface area (TPSA) is 21.3 Å². The highest BCUT2D eigenvalue weighted by molar-refractivity contribution is 14.1. The van der Waals surface area contributed by atoms with Gasteiger partial charge >= 0.3 is 0 Å². The van der Waals surface area contributed by atoms with Crippen molar-refractivity contribution in [1.29, 1.82) is 0 Å². The lowest BCUT2D eigenvalue weighted by Crippen LogP contribution is -2.30. The van der Waals surface area contributed by atoms with Crippen molar-refractivity contribution in [3.05, 3.63) is 27.8 Å². The molecule has 1 atom stereocenters. The van der Waals surface area contributed by atoms with Crippen molar-refractivity contribution in [2.24, 2.45) is 5.92 Å². The van der Waals surface area contributed by atoms with Crippen molar-refractivity contribution >= 4 is 22.6 Å². The molecule has 1 aliphatic rings. The lowest BCUT2D eigenvalue weighted by Gasteiger charge is -2.22. The molecule has 0 spiro atoms. The van der Waals surface area contributed by atoms with Crippen LogP contribution >= 0.6 is 22.6 Å². The van der Waals surface area contributed by atoms with Crippen LogP contribution in [0.5, 0.6) is 5.75 Å². The predicted octanol–water partition coefficient (Wildman–Crippen LogP) is 3.06. The molecule has 2 rings (SSSR count). The molecule has 1 fully saturated rings. The summed E-state index contributed by atoms with van der Waals surface area (Å²) in [4.78, 5) is 0. The monoisotopic (exact) mass is 331 g/mol. The Labute approximate surface area is 111 Å². The third-order valence-electron chi connectivity index (χ3n) is 3.01. The zero-order valence-electron chi connectivity index (χ0n) is 9.42. The molecule has 0 radical (unpaired) electrons. The maximum absolute atomic E-state index is 5.73. The van der Waals surface area contributed by atoms with E-state index >= 15 is 0 Å². The zero-order chi connectivity index (χ0) is 11.2. The standard InChI is InChI=1S/C13H18INO/c14-12-3-5-13(6-4-12)16-9-7-11-2-1-8-15-10-11/h3-6,11,15H,1-2,7-10H2/t11-/m0/s1. The summed E-state index contributed by atoms with van der Waals surface area (Å²) < 4.78 is 6.98. The van der Waals surface area contributed by atoms with E-state index in [-0.39, 0.29) is 0 Å². The average molecular weight is 331 g/mol. The van der Waals surface area contributed by atoms with Crippen molar-refractivity contribution in [2.75, 3.05) is 19.7 Å². The van der Waals surface area contributed by atoms with Gasteiger partial charge in [0.1, 0.15) is 5.75 Å². The molecule has 16 heavy (non-hydrogen) atoms. The molecule has 0 aromatic heterocycles. The lowest BCUT2D eigenvalue weighted by atomic mass is 9.97. The van der Waals surface area contributed by atoms with E-state index in [0.29, 0.717) is 0 Å². The fourth-order valence-corrected chi connectivity index (χ4v) is 2.40. The number of halogens is 1. The minimum Gasteiger partial charge on any atom is -0.494 e. The summed E-state index contributed by atoms with van der Waals surface area (Å²) in [5.74, 6) is 1.79. The summed E-state index contributed by atoms with van der Waals surface area (Å²) in [7, 11) is 0. The molecule has 1 aromatic carbocycles. The van der Waals surface area contributed by atoms with Gasteiger partial charge in [-0.1, -0.05) is 0 Å². The molecule has 0 saturated carbocycles. The van der Waals surface area contributed by atoms with Crippen molar-refractivity contribution in [1.82, 2.24) is 5.32 Å². The van der Waals surface area contributed by atoms with E-state index in [1.807, 2.05) is 12.1 Å². The Morgan fingerprint density at radius 1 is 1.31 bits per heavy atom. The van der Waals surface area contributed by atoms with Gasteiger partial charge < -0.3 is 10.1 Å². The number of ether oxygens (including phenoxy) is 1. The van der Waals surface area contributed by atoms with Crippen LogP contribution in [0.2, 0.25) is 0 Å². The van der Waals surface area contributed by atoms with Crippen LogP contribution in [0.4, 0.5) is 0 Å². The van der Waals surface area contributed by atoms with Crippen LogP contribution in [-0.2, 0) is 0 Å². The van der Waals surface area contributed by atoms with E-state index in [2.05, 4.69) is 40.0 Å². The van der Waals surface area contributed by atoms with Crippen molar-refractivity contribution < 1.29 is 4.74 Å². The van der Waals surface area contributed by atoms with E-state index in [1.54, 1.807) is 0 Å². The van der Waals surface area contributed by atoms with Gasteiger partial charge in [0.2, 0.25) is 0 Å². The molecule has 88 valence electrons. The van der Waals surface area contributed by atoms with Crippen LogP contribution in [-0.4, -0.2) is 19.7 Å². The molecular formula is C13H18INO. The predicted molar refractivity (Wildman–Crippen MR) is 74.9 cm³/mol. The van der Waals surface area contributed by atoms with E-state index < -0.39 is 0 Å². The number of piperidine rings is 1. The molecular weight excluding hydrogens is 313 g/mol. The van der Waals surface area contributed by atoms with Gasteiger partial charge in [-0.2, -0.15) is 0 Å². The Morgan fingerprint density at radius 3 is 2.81 bits per heavy atom. The Hall–Kier alpha value is -0.290. The lowest BCUT2D eigenvalue weighted by molar-refractivity contribution is 0.254. The minimum atomic E-state index is 0.803. The molecule has 1 heterocycles. The summed E-state index contributed by atoms with van der Waals surface area (Å²) in [6.07, 6.45) is 3.83. The summed E-state index contributed by atoms with van der Waals surface area (Å²) in [6.45, 7) is 3.19. The van der Waals surface area contributed by atoms with E-state index in [1.165, 1.54) is 29.4 Å². The summed E-state index contributed by atoms with van der Waals surface area (Å²) >= 11 is 2.31. The third-order valence-corrected chi connectivity index (χ3v) is 3.73. The first-order valence-electron chi connectivity index (χ1n) is 5.94. The van der Waals surface area contributed by atoms with Crippen molar-refractivity contribution in [2.45, 2.75) is 19.3 Å². The van der Waals surface area contributed by atoms with Crippen LogP contribution in [0.3, 0.4) is 0 Å². The Kier molecular flexibility index (Phi) is 4.91. The molecule has 0 unspecified atom stereocenters. The van der Waals surface area contributed by atoms with Gasteiger partial charge in [0.15, 0.2) is 0 Å². The Morgan fingerprint density at radius 2 is 2.12 bits per heavy atom. The largest absolute Gasteiger partial charge is 0.494 e. The maximum Gasteiger partial charge on any atom is 0.119 e. The van der Waals surface area contributed by atoms with Crippen LogP contribution in [0.1, 0.15) is 19.3 Å². The van der Waals surface area contributed by atoms with Crippen LogP contribution in [0.25, 0.3) is 0 Å². The van der Waals surface area contributed by atoms with Crippen LogP contribution in [0.15, 0.2) is 24.3 Å². The zero-order valence-corrected chi connectivity index (χ0v) is 11.6. The maximum atomic E-state index is 5.73. The highest BCUT2D eigenvalue weighted by atomic mass is 127. The normalized spacial score (nSPS) is 20.7. The molecule has 1 saturated heterocycles. The van der Waals surface area contributed by atoms with E-state index in [0.717, 1.165) is 24.8 Å². The van der Waals surface area contributed by atoms with E-state index in [4.69, 9.17) is 4.74 Å². The minimum absolute atomic E-state index is 0.803. The average Bonchev–Trinajstić information content (AvgIpc) is 2.33. The van der Waals surface area contributed by atoms with Gasteiger partial charge in [0, 0.05) is 3.57 Å². The number of nitrogens with one attached hydrogen (secondary N) is 1. The Bertz CT molecular complexity index is 306.